The van der Waals surface area contributed by atoms with E-state index in [1.54, 1.807) is 6.08 Å². The Morgan fingerprint density at radius 3 is 2.24 bits per heavy atom. The Bertz CT molecular complexity index is 589. The average Bonchev–Trinajstić information content (AvgIpc) is 2.56. The van der Waals surface area contributed by atoms with Crippen molar-refractivity contribution in [1.82, 2.24) is 0 Å². The molecule has 2 nitrogen and oxygen atoms in total. The molecule has 0 bridgehead atoms. The smallest absolute Gasteiger partial charge is 0.174 e. The largest absolute Gasteiger partial charge is 0.375 e. The quantitative estimate of drug-likeness (QED) is 0.559. The van der Waals surface area contributed by atoms with Crippen LogP contribution in [0.1, 0.15) is 22.8 Å². The second kappa shape index (κ2) is 7.00. The first-order valence-corrected chi connectivity index (χ1v) is 7.01. The molecule has 2 heteroatoms. The zero-order valence-corrected chi connectivity index (χ0v) is 12.3. The van der Waals surface area contributed by atoms with Crippen LogP contribution in [0.4, 0.5) is 0 Å². The summed E-state index contributed by atoms with van der Waals surface area (Å²) in [6, 6.07) is 19.2. The van der Waals surface area contributed by atoms with Crippen molar-refractivity contribution >= 4 is 5.78 Å². The minimum atomic E-state index is -0.712. The molecule has 2 aromatic rings. The van der Waals surface area contributed by atoms with E-state index in [1.807, 2.05) is 67.6 Å². The van der Waals surface area contributed by atoms with Crippen LogP contribution in [0.5, 0.6) is 0 Å². The molecule has 21 heavy (non-hydrogen) atoms. The van der Waals surface area contributed by atoms with Crippen LogP contribution in [0.15, 0.2) is 73.3 Å². The summed E-state index contributed by atoms with van der Waals surface area (Å²) in [5.74, 6) is 0.0335. The normalized spacial score (nSPS) is 13.4. The molecule has 108 valence electrons. The van der Waals surface area contributed by atoms with Gasteiger partial charge in [-0.05, 0) is 12.5 Å². The van der Waals surface area contributed by atoms with Crippen LogP contribution in [0.2, 0.25) is 0 Å². The number of rotatable bonds is 7. The van der Waals surface area contributed by atoms with Gasteiger partial charge in [0.2, 0.25) is 0 Å². The molecule has 0 spiro atoms. The summed E-state index contributed by atoms with van der Waals surface area (Å²) in [4.78, 5) is 12.6. The number of hydrogen-bond donors (Lipinski definition) is 0. The highest BCUT2D eigenvalue weighted by atomic mass is 16.5. The van der Waals surface area contributed by atoms with Gasteiger partial charge < -0.3 is 4.74 Å². The van der Waals surface area contributed by atoms with Gasteiger partial charge in [0.15, 0.2) is 5.78 Å². The molecule has 2 aromatic carbocycles. The molecule has 0 saturated heterocycles. The summed E-state index contributed by atoms with van der Waals surface area (Å²) in [6.45, 7) is 6.48. The van der Waals surface area contributed by atoms with Gasteiger partial charge in [-0.15, -0.1) is 6.58 Å². The highest BCUT2D eigenvalue weighted by molar-refractivity contribution is 6.01. The number of ketones is 1. The van der Waals surface area contributed by atoms with Crippen LogP contribution in [0, 0.1) is 5.41 Å². The predicted octanol–water partition coefficient (Wildman–Crippen LogP) is 4.28. The topological polar surface area (TPSA) is 26.3 Å². The van der Waals surface area contributed by atoms with Crippen molar-refractivity contribution in [2.45, 2.75) is 13.5 Å². The van der Waals surface area contributed by atoms with Crippen LogP contribution >= 0.6 is 0 Å². The van der Waals surface area contributed by atoms with Crippen molar-refractivity contribution < 1.29 is 9.53 Å². The molecule has 0 N–H and O–H groups in total. The highest BCUT2D eigenvalue weighted by Gasteiger charge is 2.30. The summed E-state index contributed by atoms with van der Waals surface area (Å²) in [7, 11) is 0. The maximum Gasteiger partial charge on any atom is 0.174 e. The molecular weight excluding hydrogens is 260 g/mol. The fourth-order valence-electron chi connectivity index (χ4n) is 2.09. The summed E-state index contributed by atoms with van der Waals surface area (Å²) in [6.07, 6.45) is 1.67. The molecule has 0 saturated carbocycles. The number of carbonyl (C=O) groups is 1. The van der Waals surface area contributed by atoms with E-state index < -0.39 is 5.41 Å². The van der Waals surface area contributed by atoms with Gasteiger partial charge in [0.05, 0.1) is 18.6 Å². The SMILES string of the molecule is C=CC(C)(COCc1ccccc1)C(=O)c1ccccc1. The van der Waals surface area contributed by atoms with Gasteiger partial charge in [0.25, 0.3) is 0 Å². The molecule has 2 rings (SSSR count). The van der Waals surface area contributed by atoms with E-state index in [1.165, 1.54) is 0 Å². The first-order chi connectivity index (χ1) is 10.2. The van der Waals surface area contributed by atoms with Crippen LogP contribution in [0.3, 0.4) is 0 Å². The number of hydrogen-bond acceptors (Lipinski definition) is 2. The molecule has 1 unspecified atom stereocenters. The summed E-state index contributed by atoms with van der Waals surface area (Å²) in [5, 5.41) is 0. The van der Waals surface area contributed by atoms with E-state index in [0.717, 1.165) is 5.56 Å². The molecule has 0 aliphatic rings. The zero-order chi connectivity index (χ0) is 15.1. The van der Waals surface area contributed by atoms with Gasteiger partial charge in [0.1, 0.15) is 0 Å². The minimum absolute atomic E-state index is 0.0335. The number of benzene rings is 2. The Balaban J connectivity index is 2.01. The van der Waals surface area contributed by atoms with Crippen molar-refractivity contribution in [2.75, 3.05) is 6.61 Å². The maximum absolute atomic E-state index is 12.6. The molecule has 0 radical (unpaired) electrons. The molecule has 0 fully saturated rings. The minimum Gasteiger partial charge on any atom is -0.375 e. The van der Waals surface area contributed by atoms with E-state index in [4.69, 9.17) is 4.74 Å². The summed E-state index contributed by atoms with van der Waals surface area (Å²) >= 11 is 0. The fraction of sp³-hybridized carbons (Fsp3) is 0.211. The number of carbonyl (C=O) groups excluding carboxylic acids is 1. The van der Waals surface area contributed by atoms with Gasteiger partial charge in [-0.25, -0.2) is 0 Å². The molecule has 0 amide bonds. The van der Waals surface area contributed by atoms with Crippen LogP contribution in [-0.2, 0) is 11.3 Å². The van der Waals surface area contributed by atoms with Crippen LogP contribution in [0.25, 0.3) is 0 Å². The van der Waals surface area contributed by atoms with E-state index in [0.29, 0.717) is 18.8 Å². The lowest BCUT2D eigenvalue weighted by atomic mass is 9.83. The first-order valence-electron chi connectivity index (χ1n) is 7.01. The van der Waals surface area contributed by atoms with E-state index in [2.05, 4.69) is 6.58 Å². The summed E-state index contributed by atoms with van der Waals surface area (Å²) in [5.41, 5.74) is 1.06. The van der Waals surface area contributed by atoms with Crippen molar-refractivity contribution in [3.8, 4) is 0 Å². The third-order valence-electron chi connectivity index (χ3n) is 3.52. The Hall–Kier alpha value is -2.19. The van der Waals surface area contributed by atoms with Crippen LogP contribution < -0.4 is 0 Å². The average molecular weight is 280 g/mol. The molecule has 0 aliphatic heterocycles. The van der Waals surface area contributed by atoms with E-state index >= 15 is 0 Å². The van der Waals surface area contributed by atoms with Crippen molar-refractivity contribution in [1.29, 1.82) is 0 Å². The number of Topliss-reactive ketones (excluding diaryl/α,β-unsaturated/α-hetero) is 1. The Morgan fingerprint density at radius 2 is 1.67 bits per heavy atom. The van der Waals surface area contributed by atoms with Crippen LogP contribution in [-0.4, -0.2) is 12.4 Å². The van der Waals surface area contributed by atoms with E-state index in [9.17, 15) is 4.79 Å². The van der Waals surface area contributed by atoms with E-state index in [-0.39, 0.29) is 5.78 Å². The fourth-order valence-corrected chi connectivity index (χ4v) is 2.09. The summed E-state index contributed by atoms with van der Waals surface area (Å²) < 4.78 is 5.73. The predicted molar refractivity (Wildman–Crippen MR) is 85.2 cm³/mol. The van der Waals surface area contributed by atoms with Gasteiger partial charge >= 0.3 is 0 Å². The Labute approximate surface area is 126 Å². The maximum atomic E-state index is 12.6. The molecule has 1 atom stereocenters. The standard InChI is InChI=1S/C19H20O2/c1-3-19(2,18(20)17-12-8-5-9-13-17)15-21-14-16-10-6-4-7-11-16/h3-13H,1,14-15H2,2H3. The number of ether oxygens (including phenoxy) is 1. The molecule has 0 aromatic heterocycles. The van der Waals surface area contributed by atoms with Crippen molar-refractivity contribution in [2.24, 2.45) is 5.41 Å². The second-order valence-electron chi connectivity index (χ2n) is 5.30. The van der Waals surface area contributed by atoms with Gasteiger partial charge in [-0.2, -0.15) is 0 Å². The van der Waals surface area contributed by atoms with Crippen molar-refractivity contribution in [3.63, 3.8) is 0 Å². The highest BCUT2D eigenvalue weighted by Crippen LogP contribution is 2.25. The van der Waals surface area contributed by atoms with Crippen molar-refractivity contribution in [3.05, 3.63) is 84.4 Å². The third-order valence-corrected chi connectivity index (χ3v) is 3.52. The monoisotopic (exact) mass is 280 g/mol. The Kier molecular flexibility index (Phi) is 5.07. The first kappa shape index (κ1) is 15.2. The Morgan fingerprint density at radius 1 is 1.10 bits per heavy atom. The molecular formula is C19H20O2. The van der Waals surface area contributed by atoms with Gasteiger partial charge in [0, 0.05) is 5.56 Å². The second-order valence-corrected chi connectivity index (χ2v) is 5.30. The lowest BCUT2D eigenvalue weighted by Crippen LogP contribution is -2.30. The third kappa shape index (κ3) is 3.89. The van der Waals surface area contributed by atoms with Gasteiger partial charge in [-0.3, -0.25) is 4.79 Å². The molecule has 0 aliphatic carbocycles. The van der Waals surface area contributed by atoms with Gasteiger partial charge in [-0.1, -0.05) is 66.7 Å². The zero-order valence-electron chi connectivity index (χ0n) is 12.3. The lowest BCUT2D eigenvalue weighted by molar-refractivity contribution is 0.0507. The lowest BCUT2D eigenvalue weighted by Gasteiger charge is -2.24. The molecule has 0 heterocycles.